The summed E-state index contributed by atoms with van der Waals surface area (Å²) in [6, 6.07) is 0. The van der Waals surface area contributed by atoms with Crippen molar-refractivity contribution in [2.75, 3.05) is 12.3 Å². The topological polar surface area (TPSA) is 14.1 Å². The van der Waals surface area contributed by atoms with Crippen LogP contribution < -0.4 is 4.72 Å². The minimum atomic E-state index is 1.07. The van der Waals surface area contributed by atoms with Gasteiger partial charge in [0.1, 0.15) is 0 Å². The first-order valence-corrected chi connectivity index (χ1v) is 7.23. The predicted octanol–water partition coefficient (Wildman–Crippen LogP) is 3.63. The molecule has 12 heavy (non-hydrogen) atoms. The molecule has 1 heterocycles. The Hall–Kier alpha value is 0.660. The average molecular weight is 204 g/mol. The summed E-state index contributed by atoms with van der Waals surface area (Å²) in [5, 5.41) is 0. The lowest BCUT2D eigenvalue weighted by atomic mass is 10.1. The SMILES string of the molecule is C1CCCC[N]SSCCCC1. The zero-order chi connectivity index (χ0) is 8.49. The molecule has 1 fully saturated rings. The highest BCUT2D eigenvalue weighted by Crippen LogP contribution is 2.21. The second kappa shape index (κ2) is 8.27. The molecule has 0 aromatic carbocycles. The van der Waals surface area contributed by atoms with E-state index in [2.05, 4.69) is 4.72 Å². The number of hydrogen-bond acceptors (Lipinski definition) is 2. The van der Waals surface area contributed by atoms with E-state index in [0.717, 1.165) is 6.54 Å². The zero-order valence-electron chi connectivity index (χ0n) is 7.63. The van der Waals surface area contributed by atoms with Crippen LogP contribution in [0.4, 0.5) is 0 Å². The van der Waals surface area contributed by atoms with Gasteiger partial charge in [0.05, 0.1) is 0 Å². The molecule has 1 rings (SSSR count). The van der Waals surface area contributed by atoms with E-state index in [1.165, 1.54) is 50.7 Å². The van der Waals surface area contributed by atoms with Crippen LogP contribution in [0.1, 0.15) is 44.9 Å². The molecule has 0 aromatic rings. The van der Waals surface area contributed by atoms with E-state index in [-0.39, 0.29) is 0 Å². The summed E-state index contributed by atoms with van der Waals surface area (Å²) < 4.78 is 4.38. The normalized spacial score (nSPS) is 24.0. The van der Waals surface area contributed by atoms with Gasteiger partial charge < -0.3 is 0 Å². The van der Waals surface area contributed by atoms with Crippen molar-refractivity contribution in [2.45, 2.75) is 44.9 Å². The van der Waals surface area contributed by atoms with E-state index in [4.69, 9.17) is 0 Å². The van der Waals surface area contributed by atoms with Crippen LogP contribution in [0.3, 0.4) is 0 Å². The third kappa shape index (κ3) is 6.21. The van der Waals surface area contributed by atoms with E-state index >= 15 is 0 Å². The van der Waals surface area contributed by atoms with Crippen molar-refractivity contribution in [3.05, 3.63) is 0 Å². The lowest BCUT2D eigenvalue weighted by Crippen LogP contribution is -1.96. The van der Waals surface area contributed by atoms with Gasteiger partial charge in [-0.3, -0.25) is 0 Å². The van der Waals surface area contributed by atoms with Gasteiger partial charge in [0.15, 0.2) is 0 Å². The summed E-state index contributed by atoms with van der Waals surface area (Å²) >= 11 is 0. The Labute approximate surface area is 84.0 Å². The average Bonchev–Trinajstić information content (AvgIpc) is 2.05. The Morgan fingerprint density at radius 2 is 1.42 bits per heavy atom. The van der Waals surface area contributed by atoms with Crippen LogP contribution in [0.25, 0.3) is 0 Å². The van der Waals surface area contributed by atoms with Gasteiger partial charge in [0.2, 0.25) is 0 Å². The zero-order valence-corrected chi connectivity index (χ0v) is 9.26. The fourth-order valence-electron chi connectivity index (χ4n) is 1.33. The molecule has 0 spiro atoms. The molecule has 0 atom stereocenters. The largest absolute Gasteiger partial charge is 0.165 e. The molecule has 1 saturated heterocycles. The highest BCUT2D eigenvalue weighted by atomic mass is 33.1. The standard InChI is InChI=1S/C9H18NS2/c1-2-4-6-8-10-12-11-9-7-5-3-1/h1-9H2. The van der Waals surface area contributed by atoms with Crippen molar-refractivity contribution in [3.63, 3.8) is 0 Å². The maximum atomic E-state index is 4.38. The van der Waals surface area contributed by atoms with Crippen LogP contribution in [0.15, 0.2) is 0 Å². The first kappa shape index (κ1) is 10.7. The first-order valence-electron chi connectivity index (χ1n) is 4.95. The third-order valence-corrected chi connectivity index (χ3v) is 4.06. The van der Waals surface area contributed by atoms with Gasteiger partial charge >= 0.3 is 0 Å². The fraction of sp³-hybridized carbons (Fsp3) is 1.00. The molecule has 0 aliphatic carbocycles. The number of hydrogen-bond donors (Lipinski definition) is 0. The first-order chi connectivity index (χ1) is 6.00. The Balaban J connectivity index is 2.00. The molecule has 1 radical (unpaired) electrons. The Morgan fingerprint density at radius 3 is 2.25 bits per heavy atom. The molecule has 3 heteroatoms. The second-order valence-electron chi connectivity index (χ2n) is 3.22. The van der Waals surface area contributed by atoms with Crippen molar-refractivity contribution >= 4 is 21.8 Å². The molecule has 0 bridgehead atoms. The van der Waals surface area contributed by atoms with Gasteiger partial charge in [-0.25, -0.2) is 0 Å². The fourth-order valence-corrected chi connectivity index (χ4v) is 3.03. The summed E-state index contributed by atoms with van der Waals surface area (Å²) in [5.41, 5.74) is 0. The van der Waals surface area contributed by atoms with Gasteiger partial charge in [-0.1, -0.05) is 42.9 Å². The summed E-state index contributed by atoms with van der Waals surface area (Å²) in [4.78, 5) is 0. The van der Waals surface area contributed by atoms with Gasteiger partial charge in [-0.05, 0) is 12.8 Å². The van der Waals surface area contributed by atoms with Crippen LogP contribution in [-0.2, 0) is 0 Å². The molecular weight excluding hydrogens is 186 g/mol. The van der Waals surface area contributed by atoms with Crippen molar-refractivity contribution in [2.24, 2.45) is 0 Å². The molecule has 0 amide bonds. The molecule has 71 valence electrons. The Kier molecular flexibility index (Phi) is 7.40. The summed E-state index contributed by atoms with van der Waals surface area (Å²) in [7, 11) is 3.63. The molecule has 0 saturated carbocycles. The van der Waals surface area contributed by atoms with E-state index in [1.807, 2.05) is 10.8 Å². The van der Waals surface area contributed by atoms with E-state index in [0.29, 0.717) is 0 Å². The van der Waals surface area contributed by atoms with Crippen LogP contribution in [0, 0.1) is 0 Å². The quantitative estimate of drug-likeness (QED) is 0.442. The monoisotopic (exact) mass is 204 g/mol. The van der Waals surface area contributed by atoms with Crippen molar-refractivity contribution in [1.29, 1.82) is 0 Å². The molecule has 1 aliphatic heterocycles. The maximum absolute atomic E-state index is 4.38. The maximum Gasteiger partial charge on any atom is 0.0265 e. The van der Waals surface area contributed by atoms with E-state index in [1.54, 1.807) is 11.0 Å². The van der Waals surface area contributed by atoms with Crippen LogP contribution in [0.2, 0.25) is 0 Å². The Morgan fingerprint density at radius 1 is 0.750 bits per heavy atom. The van der Waals surface area contributed by atoms with Gasteiger partial charge in [-0.15, -0.1) is 0 Å². The van der Waals surface area contributed by atoms with E-state index < -0.39 is 0 Å². The minimum Gasteiger partial charge on any atom is -0.165 e. The molecular formula is C9H18NS2. The third-order valence-electron chi connectivity index (χ3n) is 2.08. The second-order valence-corrected chi connectivity index (χ2v) is 5.43. The van der Waals surface area contributed by atoms with Gasteiger partial charge in [0, 0.05) is 23.3 Å². The van der Waals surface area contributed by atoms with Crippen molar-refractivity contribution in [3.8, 4) is 0 Å². The molecule has 0 aromatic heterocycles. The molecule has 0 N–H and O–H groups in total. The molecule has 1 nitrogen and oxygen atoms in total. The number of rotatable bonds is 0. The minimum absolute atomic E-state index is 1.07. The van der Waals surface area contributed by atoms with Gasteiger partial charge in [-0.2, -0.15) is 4.72 Å². The molecule has 0 unspecified atom stereocenters. The lowest BCUT2D eigenvalue weighted by molar-refractivity contribution is 0.589. The number of nitrogens with zero attached hydrogens (tertiary/aromatic N) is 1. The predicted molar refractivity (Wildman–Crippen MR) is 59.4 cm³/mol. The van der Waals surface area contributed by atoms with Crippen LogP contribution in [-0.4, -0.2) is 12.3 Å². The van der Waals surface area contributed by atoms with Crippen molar-refractivity contribution in [1.82, 2.24) is 4.72 Å². The van der Waals surface area contributed by atoms with Crippen molar-refractivity contribution < 1.29 is 0 Å². The van der Waals surface area contributed by atoms with E-state index in [9.17, 15) is 0 Å². The highest BCUT2D eigenvalue weighted by Gasteiger charge is 1.96. The Bertz CT molecular complexity index is 55.5. The summed E-state index contributed by atoms with van der Waals surface area (Å²) in [6.45, 7) is 1.07. The molecule has 1 aliphatic rings. The van der Waals surface area contributed by atoms with Crippen LogP contribution >= 0.6 is 21.8 Å². The highest BCUT2D eigenvalue weighted by molar-refractivity contribution is 8.75. The lowest BCUT2D eigenvalue weighted by Gasteiger charge is -2.05. The summed E-state index contributed by atoms with van der Waals surface area (Å²) in [6.07, 6.45) is 9.80. The van der Waals surface area contributed by atoms with Crippen LogP contribution in [0.5, 0.6) is 0 Å². The smallest absolute Gasteiger partial charge is 0.0265 e. The van der Waals surface area contributed by atoms with Gasteiger partial charge in [0.25, 0.3) is 0 Å². The summed E-state index contributed by atoms with van der Waals surface area (Å²) in [5.74, 6) is 1.29.